The number of likely N-dealkylation sites (tertiary alicyclic amines) is 1. The molecule has 2 fully saturated rings. The van der Waals surface area contributed by atoms with Crippen LogP contribution < -0.4 is 11.0 Å². The van der Waals surface area contributed by atoms with Crippen LogP contribution in [0.15, 0.2) is 95.8 Å². The highest BCUT2D eigenvalue weighted by Gasteiger charge is 2.35. The van der Waals surface area contributed by atoms with Crippen molar-refractivity contribution in [1.29, 1.82) is 0 Å². The third-order valence-electron chi connectivity index (χ3n) is 10.2. The van der Waals surface area contributed by atoms with Crippen LogP contribution in [0.2, 0.25) is 0 Å². The average molecular weight is 703 g/mol. The molecule has 3 aliphatic rings. The van der Waals surface area contributed by atoms with Gasteiger partial charge in [-0.2, -0.15) is 0 Å². The molecule has 3 atom stereocenters. The minimum Gasteiger partial charge on any atom is -0.392 e. The maximum Gasteiger partial charge on any atom is 0.346 e. The molecule has 5 aromatic rings. The van der Waals surface area contributed by atoms with E-state index in [4.69, 9.17) is 9.47 Å². The van der Waals surface area contributed by atoms with Gasteiger partial charge >= 0.3 is 17.6 Å². The summed E-state index contributed by atoms with van der Waals surface area (Å²) < 4.78 is 19.7. The first-order valence-electron chi connectivity index (χ1n) is 17.5. The van der Waals surface area contributed by atoms with E-state index in [1.54, 1.807) is 0 Å². The number of H-pyrrole nitrogens is 1. The summed E-state index contributed by atoms with van der Waals surface area (Å²) in [5.41, 5.74) is 5.77. The molecular weight excluding hydrogens is 664 g/mol. The average Bonchev–Trinajstić information content (AvgIpc) is 3.67. The molecule has 0 radical (unpaired) electrons. The summed E-state index contributed by atoms with van der Waals surface area (Å²) in [4.78, 5) is 54.7. The molecule has 4 heterocycles. The van der Waals surface area contributed by atoms with Crippen molar-refractivity contribution in [2.45, 2.75) is 57.0 Å². The number of cyclic esters (lactones) is 2. The van der Waals surface area contributed by atoms with Gasteiger partial charge in [0.2, 0.25) is 0 Å². The minimum atomic E-state index is -0.756. The number of fused-ring (bicyclic) bond motifs is 2. The van der Waals surface area contributed by atoms with Gasteiger partial charge in [0.05, 0.1) is 41.0 Å². The molecule has 2 saturated heterocycles. The normalized spacial score (nSPS) is 20.9. The molecule has 52 heavy (non-hydrogen) atoms. The number of ether oxygens (including phenoxy) is 3. The first kappa shape index (κ1) is 33.7. The van der Waals surface area contributed by atoms with E-state index >= 15 is 0 Å². The van der Waals surface area contributed by atoms with Gasteiger partial charge in [0.25, 0.3) is 5.91 Å². The van der Waals surface area contributed by atoms with Crippen LogP contribution in [0.1, 0.15) is 91.0 Å². The summed E-state index contributed by atoms with van der Waals surface area (Å²) in [7, 11) is 0. The Hall–Kier alpha value is -5.40. The van der Waals surface area contributed by atoms with Gasteiger partial charge in [-0.05, 0) is 59.9 Å². The number of benzene rings is 4. The third kappa shape index (κ3) is 6.81. The van der Waals surface area contributed by atoms with E-state index in [-0.39, 0.29) is 59.7 Å². The molecule has 3 N–H and O–H groups in total. The SMILES string of the molecule is O=C(NCc1ccc(C2O[C@H](CN3CCC(n4c(=O)[nH]c5ccccc54)CC3)C[C@H](c3ccc(CO)cc3)O2)cc1)c1ccc2c(c1)C(=O)OC2=O. The monoisotopic (exact) mass is 702 g/mol. The number of nitrogens with zero attached hydrogens (tertiary/aromatic N) is 2. The Bertz CT molecular complexity index is 2180. The molecule has 12 nitrogen and oxygen atoms in total. The van der Waals surface area contributed by atoms with E-state index in [0.717, 1.165) is 65.8 Å². The highest BCUT2D eigenvalue weighted by molar-refractivity contribution is 6.15. The van der Waals surface area contributed by atoms with Crippen molar-refractivity contribution in [3.8, 4) is 0 Å². The molecule has 0 bridgehead atoms. The highest BCUT2D eigenvalue weighted by Crippen LogP contribution is 2.39. The zero-order chi connectivity index (χ0) is 35.8. The van der Waals surface area contributed by atoms with Crippen molar-refractivity contribution in [3.05, 3.63) is 140 Å². The topological polar surface area (TPSA) is 152 Å². The third-order valence-corrected chi connectivity index (χ3v) is 10.2. The van der Waals surface area contributed by atoms with Crippen LogP contribution >= 0.6 is 0 Å². The van der Waals surface area contributed by atoms with Gasteiger partial charge < -0.3 is 34.5 Å². The zero-order valence-corrected chi connectivity index (χ0v) is 28.3. The van der Waals surface area contributed by atoms with E-state index < -0.39 is 18.2 Å². The van der Waals surface area contributed by atoms with Crippen LogP contribution in [0.3, 0.4) is 0 Å². The summed E-state index contributed by atoms with van der Waals surface area (Å²) in [5.74, 6) is -1.85. The number of hydrogen-bond donors (Lipinski definition) is 3. The molecule has 1 aromatic heterocycles. The Morgan fingerprint density at radius 1 is 0.827 bits per heavy atom. The molecule has 0 saturated carbocycles. The van der Waals surface area contributed by atoms with Gasteiger partial charge in [-0.3, -0.25) is 9.36 Å². The van der Waals surface area contributed by atoms with Crippen molar-refractivity contribution in [3.63, 3.8) is 0 Å². The number of imidazole rings is 1. The second-order valence-electron chi connectivity index (χ2n) is 13.6. The number of rotatable bonds is 9. The largest absolute Gasteiger partial charge is 0.392 e. The molecule has 3 aliphatic heterocycles. The number of amides is 1. The quantitative estimate of drug-likeness (QED) is 0.143. The summed E-state index contributed by atoms with van der Waals surface area (Å²) in [6.45, 7) is 2.61. The van der Waals surface area contributed by atoms with Crippen LogP contribution in [-0.2, 0) is 27.4 Å². The molecule has 12 heteroatoms. The maximum absolute atomic E-state index is 12.9. The molecule has 4 aromatic carbocycles. The van der Waals surface area contributed by atoms with E-state index in [9.17, 15) is 24.3 Å². The lowest BCUT2D eigenvalue weighted by molar-refractivity contribution is -0.253. The number of aromatic amines is 1. The lowest BCUT2D eigenvalue weighted by Gasteiger charge is -2.40. The summed E-state index contributed by atoms with van der Waals surface area (Å²) in [6, 6.07) is 27.7. The fourth-order valence-electron chi connectivity index (χ4n) is 7.42. The highest BCUT2D eigenvalue weighted by atomic mass is 16.7. The first-order valence-corrected chi connectivity index (χ1v) is 17.5. The summed E-state index contributed by atoms with van der Waals surface area (Å²) in [6.07, 6.45) is 1.41. The van der Waals surface area contributed by atoms with Crippen molar-refractivity contribution in [2.75, 3.05) is 19.6 Å². The van der Waals surface area contributed by atoms with Crippen LogP contribution in [0.25, 0.3) is 11.0 Å². The smallest absolute Gasteiger partial charge is 0.346 e. The Labute approximate surface area is 298 Å². The van der Waals surface area contributed by atoms with Crippen molar-refractivity contribution >= 4 is 28.9 Å². The fraction of sp³-hybridized carbons (Fsp3) is 0.300. The molecule has 1 unspecified atom stereocenters. The van der Waals surface area contributed by atoms with Gasteiger partial charge in [0, 0.05) is 49.8 Å². The second kappa shape index (κ2) is 14.3. The Balaban J connectivity index is 0.929. The number of para-hydroxylation sites is 2. The maximum atomic E-state index is 12.9. The molecule has 0 aliphatic carbocycles. The number of hydrogen-bond acceptors (Lipinski definition) is 9. The number of piperidine rings is 1. The molecule has 1 amide bonds. The van der Waals surface area contributed by atoms with E-state index in [0.29, 0.717) is 6.42 Å². The number of nitrogens with one attached hydrogen (secondary N) is 2. The number of carbonyl (C=O) groups is 3. The van der Waals surface area contributed by atoms with Crippen LogP contribution in [0.4, 0.5) is 0 Å². The van der Waals surface area contributed by atoms with E-state index in [1.807, 2.05) is 77.4 Å². The predicted molar refractivity (Wildman–Crippen MR) is 189 cm³/mol. The van der Waals surface area contributed by atoms with Gasteiger partial charge in [-0.15, -0.1) is 0 Å². The number of carbonyl (C=O) groups excluding carboxylic acids is 3. The zero-order valence-electron chi connectivity index (χ0n) is 28.3. The van der Waals surface area contributed by atoms with Crippen LogP contribution in [0, 0.1) is 0 Å². The van der Waals surface area contributed by atoms with Gasteiger partial charge in [-0.25, -0.2) is 14.4 Å². The Morgan fingerprint density at radius 3 is 2.31 bits per heavy atom. The molecule has 0 spiro atoms. The van der Waals surface area contributed by atoms with Crippen molar-refractivity contribution in [1.82, 2.24) is 19.8 Å². The Morgan fingerprint density at radius 2 is 1.54 bits per heavy atom. The lowest BCUT2D eigenvalue weighted by Crippen LogP contribution is -2.43. The molecular formula is C40H38N4O8. The molecule has 8 rings (SSSR count). The first-order chi connectivity index (χ1) is 25.3. The predicted octanol–water partition coefficient (Wildman–Crippen LogP) is 4.95. The van der Waals surface area contributed by atoms with Crippen LogP contribution in [-0.4, -0.2) is 63.1 Å². The van der Waals surface area contributed by atoms with Gasteiger partial charge in [0.15, 0.2) is 6.29 Å². The van der Waals surface area contributed by atoms with Crippen LogP contribution in [0.5, 0.6) is 0 Å². The summed E-state index contributed by atoms with van der Waals surface area (Å²) in [5, 5.41) is 12.4. The lowest BCUT2D eigenvalue weighted by atomic mass is 9.98. The molecule has 266 valence electrons. The number of aliphatic hydroxyl groups excluding tert-OH is 1. The summed E-state index contributed by atoms with van der Waals surface area (Å²) >= 11 is 0. The van der Waals surface area contributed by atoms with Gasteiger partial charge in [0.1, 0.15) is 0 Å². The fourth-order valence-corrected chi connectivity index (χ4v) is 7.42. The van der Waals surface area contributed by atoms with Crippen molar-refractivity contribution < 1.29 is 33.7 Å². The number of esters is 2. The van der Waals surface area contributed by atoms with E-state index in [2.05, 4.69) is 19.9 Å². The Kier molecular flexibility index (Phi) is 9.29. The minimum absolute atomic E-state index is 0.0312. The second-order valence-corrected chi connectivity index (χ2v) is 13.6. The number of aliphatic hydroxyl groups is 1. The number of aromatic nitrogens is 2. The standard InChI is InChI=1S/C40H38N4O8/c45-23-25-7-9-26(10-8-25)35-20-30(22-43-17-15-29(16-18-43)44-34-4-2-1-3-33(34)42-40(44)49)50-39(51-35)27-11-5-24(6-12-27)21-41-36(46)28-13-14-31-32(19-28)38(48)52-37(31)47/h1-14,19,29-30,35,39,45H,15-18,20-23H2,(H,41,46)(H,42,49)/t30-,35+,39?/m0/s1. The van der Waals surface area contributed by atoms with E-state index in [1.165, 1.54) is 18.2 Å². The van der Waals surface area contributed by atoms with Gasteiger partial charge in [-0.1, -0.05) is 60.7 Å². The van der Waals surface area contributed by atoms with Crippen molar-refractivity contribution in [2.24, 2.45) is 0 Å².